The van der Waals surface area contributed by atoms with Gasteiger partial charge in [0.25, 0.3) is 0 Å². The van der Waals surface area contributed by atoms with Crippen LogP contribution >= 0.6 is 0 Å². The molecule has 1 aliphatic rings. The van der Waals surface area contributed by atoms with Crippen LogP contribution in [0.25, 0.3) is 0 Å². The molecule has 1 aliphatic heterocycles. The molecule has 1 aromatic carbocycles. The van der Waals surface area contributed by atoms with Crippen molar-refractivity contribution < 1.29 is 9.59 Å². The van der Waals surface area contributed by atoms with Crippen molar-refractivity contribution in [3.8, 4) is 0 Å². The molecular formula is C20H25N5O2. The molecule has 2 amide bonds. The number of anilines is 2. The van der Waals surface area contributed by atoms with E-state index in [1.165, 1.54) is 0 Å². The molecule has 0 atom stereocenters. The molecule has 0 aliphatic carbocycles. The lowest BCUT2D eigenvalue weighted by Crippen LogP contribution is -2.49. The zero-order valence-corrected chi connectivity index (χ0v) is 16.0. The molecule has 7 heteroatoms. The van der Waals surface area contributed by atoms with Crippen molar-refractivity contribution in [3.63, 3.8) is 0 Å². The number of aryl methyl sites for hydroxylation is 3. The molecule has 0 saturated carbocycles. The number of benzene rings is 1. The second-order valence-electron chi connectivity index (χ2n) is 6.92. The van der Waals surface area contributed by atoms with Crippen LogP contribution in [0, 0.1) is 20.8 Å². The van der Waals surface area contributed by atoms with E-state index in [1.54, 1.807) is 23.4 Å². The first-order valence-corrected chi connectivity index (χ1v) is 9.11. The van der Waals surface area contributed by atoms with Crippen LogP contribution in [-0.2, 0) is 9.59 Å². The van der Waals surface area contributed by atoms with Crippen LogP contribution in [0.3, 0.4) is 0 Å². The molecule has 142 valence electrons. The lowest BCUT2D eigenvalue weighted by molar-refractivity contribution is -0.134. The van der Waals surface area contributed by atoms with Crippen molar-refractivity contribution in [3.05, 3.63) is 47.3 Å². The standard InChI is InChI=1S/C20H25N5O2/c1-14-11-15(2)19(16(3)12-14)23-17(26)13-18(27)24-7-9-25(10-8-24)20-21-5-4-6-22-20/h4-6,11-12H,7-10,13H2,1-3H3,(H,23,26). The SMILES string of the molecule is Cc1cc(C)c(NC(=O)CC(=O)N2CCN(c3ncccn3)CC2)c(C)c1. The number of aromatic nitrogens is 2. The van der Waals surface area contributed by atoms with Gasteiger partial charge in [-0.15, -0.1) is 0 Å². The van der Waals surface area contributed by atoms with Crippen LogP contribution in [0.1, 0.15) is 23.1 Å². The van der Waals surface area contributed by atoms with Crippen molar-refractivity contribution in [2.45, 2.75) is 27.2 Å². The van der Waals surface area contributed by atoms with Gasteiger partial charge in [0.15, 0.2) is 0 Å². The van der Waals surface area contributed by atoms with Crippen molar-refractivity contribution in [1.29, 1.82) is 0 Å². The Morgan fingerprint density at radius 2 is 1.59 bits per heavy atom. The Hall–Kier alpha value is -2.96. The molecule has 1 fully saturated rings. The molecule has 7 nitrogen and oxygen atoms in total. The number of hydrogen-bond donors (Lipinski definition) is 1. The van der Waals surface area contributed by atoms with E-state index in [0.717, 1.165) is 22.4 Å². The smallest absolute Gasteiger partial charge is 0.233 e. The second-order valence-corrected chi connectivity index (χ2v) is 6.92. The summed E-state index contributed by atoms with van der Waals surface area (Å²) in [5, 5.41) is 2.89. The Bertz CT molecular complexity index is 807. The van der Waals surface area contributed by atoms with E-state index >= 15 is 0 Å². The summed E-state index contributed by atoms with van der Waals surface area (Å²) in [5.41, 5.74) is 3.96. The van der Waals surface area contributed by atoms with E-state index in [9.17, 15) is 9.59 Å². The maximum absolute atomic E-state index is 12.5. The number of nitrogens with one attached hydrogen (secondary N) is 1. The maximum Gasteiger partial charge on any atom is 0.233 e. The highest BCUT2D eigenvalue weighted by Gasteiger charge is 2.24. The highest BCUT2D eigenvalue weighted by atomic mass is 16.2. The minimum atomic E-state index is -0.274. The van der Waals surface area contributed by atoms with E-state index in [4.69, 9.17) is 0 Å². The summed E-state index contributed by atoms with van der Waals surface area (Å²) in [4.78, 5) is 37.1. The van der Waals surface area contributed by atoms with Crippen LogP contribution in [0.5, 0.6) is 0 Å². The zero-order valence-electron chi connectivity index (χ0n) is 16.0. The molecular weight excluding hydrogens is 342 g/mol. The predicted octanol–water partition coefficient (Wildman–Crippen LogP) is 2.08. The molecule has 1 saturated heterocycles. The zero-order chi connectivity index (χ0) is 19.4. The van der Waals surface area contributed by atoms with Crippen LogP contribution in [0.2, 0.25) is 0 Å². The first-order chi connectivity index (χ1) is 12.9. The molecule has 0 spiro atoms. The van der Waals surface area contributed by atoms with Gasteiger partial charge >= 0.3 is 0 Å². The minimum absolute atomic E-state index is 0.144. The van der Waals surface area contributed by atoms with E-state index in [-0.39, 0.29) is 18.2 Å². The van der Waals surface area contributed by atoms with Crippen LogP contribution in [0.15, 0.2) is 30.6 Å². The third-order valence-corrected chi connectivity index (χ3v) is 4.72. The molecule has 2 aromatic rings. The second kappa shape index (κ2) is 8.16. The van der Waals surface area contributed by atoms with Crippen molar-refractivity contribution >= 4 is 23.5 Å². The van der Waals surface area contributed by atoms with E-state index in [2.05, 4.69) is 15.3 Å². The average molecular weight is 367 g/mol. The van der Waals surface area contributed by atoms with Crippen molar-refractivity contribution in [2.75, 3.05) is 36.4 Å². The van der Waals surface area contributed by atoms with Crippen LogP contribution in [0.4, 0.5) is 11.6 Å². The predicted molar refractivity (Wildman–Crippen MR) is 105 cm³/mol. The fourth-order valence-corrected chi connectivity index (χ4v) is 3.42. The Balaban J connectivity index is 1.53. The largest absolute Gasteiger partial charge is 0.339 e. The Morgan fingerprint density at radius 3 is 2.19 bits per heavy atom. The molecule has 3 rings (SSSR count). The van der Waals surface area contributed by atoms with Gasteiger partial charge in [-0.2, -0.15) is 0 Å². The number of nitrogens with zero attached hydrogens (tertiary/aromatic N) is 4. The quantitative estimate of drug-likeness (QED) is 0.837. The highest BCUT2D eigenvalue weighted by Crippen LogP contribution is 2.22. The normalized spacial score (nSPS) is 14.2. The first-order valence-electron chi connectivity index (χ1n) is 9.11. The molecule has 0 bridgehead atoms. The van der Waals surface area contributed by atoms with Crippen molar-refractivity contribution in [1.82, 2.24) is 14.9 Å². The van der Waals surface area contributed by atoms with Gasteiger partial charge in [-0.3, -0.25) is 9.59 Å². The summed E-state index contributed by atoms with van der Waals surface area (Å²) in [7, 11) is 0. The number of carbonyl (C=O) groups excluding carboxylic acids is 2. The van der Waals surface area contributed by atoms with Gasteiger partial charge in [0.05, 0.1) is 0 Å². The number of hydrogen-bond acceptors (Lipinski definition) is 5. The van der Waals surface area contributed by atoms with Gasteiger partial charge < -0.3 is 15.1 Å². The first kappa shape index (κ1) is 18.8. The van der Waals surface area contributed by atoms with E-state index in [0.29, 0.717) is 32.1 Å². The lowest BCUT2D eigenvalue weighted by Gasteiger charge is -2.34. The molecule has 1 N–H and O–H groups in total. The number of piperazine rings is 1. The molecule has 0 radical (unpaired) electrons. The topological polar surface area (TPSA) is 78.4 Å². The summed E-state index contributed by atoms with van der Waals surface area (Å²) in [6.45, 7) is 8.39. The fourth-order valence-electron chi connectivity index (χ4n) is 3.42. The van der Waals surface area contributed by atoms with E-state index < -0.39 is 0 Å². The van der Waals surface area contributed by atoms with Crippen molar-refractivity contribution in [2.24, 2.45) is 0 Å². The summed E-state index contributed by atoms with van der Waals surface area (Å²) in [6, 6.07) is 5.82. The molecule has 1 aromatic heterocycles. The summed E-state index contributed by atoms with van der Waals surface area (Å²) < 4.78 is 0. The third kappa shape index (κ3) is 4.61. The summed E-state index contributed by atoms with van der Waals surface area (Å²) in [5.74, 6) is 0.250. The van der Waals surface area contributed by atoms with Gasteiger partial charge in [0.2, 0.25) is 17.8 Å². The third-order valence-electron chi connectivity index (χ3n) is 4.72. The van der Waals surface area contributed by atoms with Gasteiger partial charge in [0, 0.05) is 44.3 Å². The Morgan fingerprint density at radius 1 is 1.00 bits per heavy atom. The van der Waals surface area contributed by atoms with Gasteiger partial charge in [-0.25, -0.2) is 9.97 Å². The van der Waals surface area contributed by atoms with Crippen LogP contribution < -0.4 is 10.2 Å². The van der Waals surface area contributed by atoms with E-state index in [1.807, 2.05) is 37.8 Å². The molecule has 0 unspecified atom stereocenters. The minimum Gasteiger partial charge on any atom is -0.339 e. The van der Waals surface area contributed by atoms with Crippen LogP contribution in [-0.4, -0.2) is 52.9 Å². The summed E-state index contributed by atoms with van der Waals surface area (Å²) >= 11 is 0. The molecule has 2 heterocycles. The highest BCUT2D eigenvalue weighted by molar-refractivity contribution is 6.04. The number of rotatable bonds is 4. The number of amides is 2. The average Bonchev–Trinajstić information content (AvgIpc) is 2.65. The van der Waals surface area contributed by atoms with Gasteiger partial charge in [-0.1, -0.05) is 17.7 Å². The maximum atomic E-state index is 12.5. The monoisotopic (exact) mass is 367 g/mol. The summed E-state index contributed by atoms with van der Waals surface area (Å²) in [6.07, 6.45) is 3.27. The van der Waals surface area contributed by atoms with Gasteiger partial charge in [0.1, 0.15) is 6.42 Å². The lowest BCUT2D eigenvalue weighted by atomic mass is 10.0. The Kier molecular flexibility index (Phi) is 5.69. The molecule has 27 heavy (non-hydrogen) atoms. The Labute approximate surface area is 159 Å². The van der Waals surface area contributed by atoms with Gasteiger partial charge in [-0.05, 0) is 38.0 Å². The number of carbonyl (C=O) groups is 2. The fraction of sp³-hybridized carbons (Fsp3) is 0.400.